The third-order valence-electron chi connectivity index (χ3n) is 4.32. The van der Waals surface area contributed by atoms with E-state index in [0.29, 0.717) is 12.1 Å². The maximum atomic E-state index is 13.6. The second-order valence-electron chi connectivity index (χ2n) is 6.30. The van der Waals surface area contributed by atoms with Crippen molar-refractivity contribution in [3.63, 3.8) is 0 Å². The first-order valence-corrected chi connectivity index (χ1v) is 8.70. The van der Waals surface area contributed by atoms with Gasteiger partial charge in [0.1, 0.15) is 5.15 Å². The fourth-order valence-corrected chi connectivity index (χ4v) is 3.24. The lowest BCUT2D eigenvalue weighted by molar-refractivity contribution is -0.136. The van der Waals surface area contributed by atoms with Crippen LogP contribution in [0.1, 0.15) is 21.6 Å². The molecule has 3 heterocycles. The summed E-state index contributed by atoms with van der Waals surface area (Å²) in [6.07, 6.45) is -0.386. The molecule has 0 fully saturated rings. The quantitative estimate of drug-likeness (QED) is 0.523. The molecule has 148 valence electrons. The summed E-state index contributed by atoms with van der Waals surface area (Å²) in [7, 11) is 0. The van der Waals surface area contributed by atoms with Crippen LogP contribution in [0.15, 0.2) is 55.0 Å². The van der Waals surface area contributed by atoms with Gasteiger partial charge in [0.25, 0.3) is 0 Å². The van der Waals surface area contributed by atoms with Gasteiger partial charge in [-0.25, -0.2) is 9.78 Å². The number of alkyl halides is 3. The highest BCUT2D eigenvalue weighted by atomic mass is 35.5. The van der Waals surface area contributed by atoms with E-state index in [0.717, 1.165) is 16.0 Å². The normalized spacial score (nSPS) is 11.9. The summed E-state index contributed by atoms with van der Waals surface area (Å²) in [6.45, 7) is 0.449. The van der Waals surface area contributed by atoms with E-state index in [9.17, 15) is 18.0 Å². The number of halogens is 4. The van der Waals surface area contributed by atoms with Crippen molar-refractivity contribution in [1.29, 1.82) is 0 Å². The number of nitrogens with zero attached hydrogens (tertiary/aromatic N) is 4. The Morgan fingerprint density at radius 1 is 1.14 bits per heavy atom. The van der Waals surface area contributed by atoms with Gasteiger partial charge in [0, 0.05) is 23.5 Å². The van der Waals surface area contributed by atoms with Gasteiger partial charge in [-0.05, 0) is 11.6 Å². The Kier molecular flexibility index (Phi) is 4.54. The summed E-state index contributed by atoms with van der Waals surface area (Å²) in [5.74, 6) is -1.51. The molecular weight excluding hydrogens is 409 g/mol. The Morgan fingerprint density at radius 3 is 2.52 bits per heavy atom. The fourth-order valence-electron chi connectivity index (χ4n) is 2.99. The van der Waals surface area contributed by atoms with Crippen molar-refractivity contribution in [2.24, 2.45) is 0 Å². The Hall–Kier alpha value is -3.33. The van der Waals surface area contributed by atoms with Crippen molar-refractivity contribution < 1.29 is 23.1 Å². The summed E-state index contributed by atoms with van der Waals surface area (Å²) in [4.78, 5) is 14.8. The van der Waals surface area contributed by atoms with Crippen molar-refractivity contribution in [1.82, 2.24) is 19.2 Å². The number of pyridine rings is 1. The van der Waals surface area contributed by atoms with Gasteiger partial charge in [-0.2, -0.15) is 18.3 Å². The first kappa shape index (κ1) is 19.0. The number of rotatable bonds is 4. The summed E-state index contributed by atoms with van der Waals surface area (Å²) in [5.41, 5.74) is -0.706. The summed E-state index contributed by atoms with van der Waals surface area (Å²) in [6, 6.07) is 10.4. The second-order valence-corrected chi connectivity index (χ2v) is 6.66. The zero-order chi connectivity index (χ0) is 20.8. The van der Waals surface area contributed by atoms with Crippen molar-refractivity contribution in [3.8, 4) is 11.1 Å². The van der Waals surface area contributed by atoms with E-state index in [1.54, 1.807) is 10.9 Å². The van der Waals surface area contributed by atoms with Gasteiger partial charge in [0.15, 0.2) is 11.3 Å². The summed E-state index contributed by atoms with van der Waals surface area (Å²) >= 11 is 5.98. The van der Waals surface area contributed by atoms with E-state index in [1.165, 1.54) is 12.4 Å². The first-order chi connectivity index (χ1) is 13.7. The van der Waals surface area contributed by atoms with Crippen LogP contribution >= 0.6 is 11.6 Å². The molecular formula is C19H12ClF3N4O2. The number of hydrogen-bond acceptors (Lipinski definition) is 3. The van der Waals surface area contributed by atoms with Crippen LogP contribution in [0.4, 0.5) is 13.2 Å². The maximum absolute atomic E-state index is 13.6. The molecule has 0 unspecified atom stereocenters. The number of hydrogen-bond donors (Lipinski definition) is 1. The molecule has 0 aliphatic heterocycles. The van der Waals surface area contributed by atoms with Crippen molar-refractivity contribution in [2.45, 2.75) is 12.7 Å². The lowest BCUT2D eigenvalue weighted by Gasteiger charge is -2.10. The largest absolute Gasteiger partial charge is 0.476 e. The minimum atomic E-state index is -4.75. The van der Waals surface area contributed by atoms with Crippen LogP contribution in [0.2, 0.25) is 5.15 Å². The molecule has 3 aromatic heterocycles. The minimum Gasteiger partial charge on any atom is -0.476 e. The SMILES string of the molecule is O=C(O)c1nc2c(C(F)(F)F)cc(-c3cnn(Cc4ccccc4)c3)cn2c1Cl. The summed E-state index contributed by atoms with van der Waals surface area (Å²) < 4.78 is 43.3. The predicted molar refractivity (Wildman–Crippen MR) is 98.9 cm³/mol. The van der Waals surface area contributed by atoms with Gasteiger partial charge in [0.2, 0.25) is 0 Å². The van der Waals surface area contributed by atoms with Gasteiger partial charge in [-0.15, -0.1) is 0 Å². The number of fused-ring (bicyclic) bond motifs is 1. The molecule has 0 saturated carbocycles. The zero-order valence-electron chi connectivity index (χ0n) is 14.6. The zero-order valence-corrected chi connectivity index (χ0v) is 15.3. The van der Waals surface area contributed by atoms with Gasteiger partial charge in [0.05, 0.1) is 18.3 Å². The molecule has 4 aromatic rings. The molecule has 0 atom stereocenters. The Labute approximate surface area is 166 Å². The molecule has 0 aliphatic rings. The summed E-state index contributed by atoms with van der Waals surface area (Å²) in [5, 5.41) is 12.9. The van der Waals surface area contributed by atoms with Crippen LogP contribution in [-0.2, 0) is 12.7 Å². The van der Waals surface area contributed by atoms with E-state index in [-0.39, 0.29) is 5.56 Å². The number of carboxylic acid groups (broad SMARTS) is 1. The van der Waals surface area contributed by atoms with Crippen LogP contribution < -0.4 is 0 Å². The third kappa shape index (κ3) is 3.56. The van der Waals surface area contributed by atoms with E-state index in [4.69, 9.17) is 16.7 Å². The highest BCUT2D eigenvalue weighted by molar-refractivity contribution is 6.32. The molecule has 4 rings (SSSR count). The second kappa shape index (κ2) is 6.93. The standard InChI is InChI=1S/C19H12ClF3N4O2/c20-16-15(18(28)29)25-17-14(19(21,22)23)6-12(10-27(16)17)13-7-24-26(9-13)8-11-4-2-1-3-5-11/h1-7,9-10H,8H2,(H,28,29). The molecule has 0 saturated heterocycles. The van der Waals surface area contributed by atoms with Gasteiger partial charge in [-0.3, -0.25) is 9.08 Å². The van der Waals surface area contributed by atoms with E-state index >= 15 is 0 Å². The fraction of sp³-hybridized carbons (Fsp3) is 0.105. The van der Waals surface area contributed by atoms with Crippen LogP contribution in [0, 0.1) is 0 Å². The smallest absolute Gasteiger partial charge is 0.420 e. The van der Waals surface area contributed by atoms with Crippen molar-refractivity contribution in [2.75, 3.05) is 0 Å². The number of aromatic carboxylic acids is 1. The highest BCUT2D eigenvalue weighted by Gasteiger charge is 2.36. The van der Waals surface area contributed by atoms with Crippen LogP contribution in [0.25, 0.3) is 16.8 Å². The van der Waals surface area contributed by atoms with Crippen molar-refractivity contribution >= 4 is 23.2 Å². The number of carbonyl (C=O) groups is 1. The van der Waals surface area contributed by atoms with E-state index in [2.05, 4.69) is 10.1 Å². The molecule has 10 heteroatoms. The molecule has 0 aliphatic carbocycles. The minimum absolute atomic E-state index is 0.181. The van der Waals surface area contributed by atoms with Gasteiger partial charge >= 0.3 is 12.1 Å². The molecule has 6 nitrogen and oxygen atoms in total. The van der Waals surface area contributed by atoms with Gasteiger partial charge < -0.3 is 5.11 Å². The van der Waals surface area contributed by atoms with Crippen molar-refractivity contribution in [3.05, 3.63) is 77.0 Å². The molecule has 0 amide bonds. The Bertz CT molecular complexity index is 1220. The number of imidazole rings is 1. The molecule has 0 bridgehead atoms. The molecule has 0 spiro atoms. The molecule has 0 radical (unpaired) electrons. The predicted octanol–water partition coefficient (Wildman–Crippen LogP) is 4.62. The lowest BCUT2D eigenvalue weighted by Crippen LogP contribution is -2.08. The maximum Gasteiger partial charge on any atom is 0.420 e. The van der Waals surface area contributed by atoms with Gasteiger partial charge in [-0.1, -0.05) is 41.9 Å². The Morgan fingerprint density at radius 2 is 1.86 bits per heavy atom. The molecule has 1 aromatic carbocycles. The number of aromatic nitrogens is 4. The monoisotopic (exact) mass is 420 g/mol. The average Bonchev–Trinajstić information content (AvgIpc) is 3.26. The van der Waals surface area contributed by atoms with Crippen LogP contribution in [-0.4, -0.2) is 30.2 Å². The Balaban J connectivity index is 1.82. The molecule has 29 heavy (non-hydrogen) atoms. The first-order valence-electron chi connectivity index (χ1n) is 8.33. The molecule has 1 N–H and O–H groups in total. The number of carboxylic acids is 1. The number of benzene rings is 1. The lowest BCUT2D eigenvalue weighted by atomic mass is 10.1. The average molecular weight is 421 g/mol. The topological polar surface area (TPSA) is 72.4 Å². The van der Waals surface area contributed by atoms with E-state index in [1.807, 2.05) is 30.3 Å². The van der Waals surface area contributed by atoms with E-state index < -0.39 is 34.2 Å². The van der Waals surface area contributed by atoms with Crippen LogP contribution in [0.3, 0.4) is 0 Å². The highest BCUT2D eigenvalue weighted by Crippen LogP contribution is 2.36. The van der Waals surface area contributed by atoms with Crippen LogP contribution in [0.5, 0.6) is 0 Å². The third-order valence-corrected chi connectivity index (χ3v) is 4.68.